The van der Waals surface area contributed by atoms with Crippen LogP contribution in [0, 0.1) is 6.92 Å². The average molecular weight is 294 g/mol. The Kier molecular flexibility index (Phi) is 3.83. The van der Waals surface area contributed by atoms with E-state index in [9.17, 15) is 4.79 Å². The minimum Gasteiger partial charge on any atom is -0.497 e. The number of aromatic amines is 1. The van der Waals surface area contributed by atoms with Gasteiger partial charge in [-0.05, 0) is 42.1 Å². The van der Waals surface area contributed by atoms with Gasteiger partial charge in [-0.15, -0.1) is 0 Å². The van der Waals surface area contributed by atoms with E-state index in [4.69, 9.17) is 4.74 Å². The highest BCUT2D eigenvalue weighted by Crippen LogP contribution is 2.18. The number of anilines is 1. The summed E-state index contributed by atoms with van der Waals surface area (Å²) in [6.07, 6.45) is 0. The number of pyridine rings is 1. The first kappa shape index (κ1) is 14.2. The van der Waals surface area contributed by atoms with Crippen LogP contribution in [0.15, 0.2) is 53.3 Å². The number of fused-ring (bicyclic) bond motifs is 1. The Morgan fingerprint density at radius 1 is 1.14 bits per heavy atom. The molecule has 0 radical (unpaired) electrons. The molecular weight excluding hydrogens is 276 g/mol. The minimum atomic E-state index is -0.0616. The topological polar surface area (TPSA) is 54.1 Å². The van der Waals surface area contributed by atoms with Crippen molar-refractivity contribution in [1.82, 2.24) is 4.98 Å². The summed E-state index contributed by atoms with van der Waals surface area (Å²) in [6, 6.07) is 15.6. The maximum Gasteiger partial charge on any atom is 0.253 e. The van der Waals surface area contributed by atoms with Crippen LogP contribution in [0.3, 0.4) is 0 Å². The molecule has 0 bridgehead atoms. The fourth-order valence-electron chi connectivity index (χ4n) is 2.42. The summed E-state index contributed by atoms with van der Waals surface area (Å²) in [7, 11) is 1.63. The number of rotatable bonds is 4. The monoisotopic (exact) mass is 294 g/mol. The van der Waals surface area contributed by atoms with Gasteiger partial charge in [0.25, 0.3) is 5.56 Å². The number of ether oxygens (including phenoxy) is 1. The molecule has 2 N–H and O–H groups in total. The van der Waals surface area contributed by atoms with E-state index >= 15 is 0 Å². The Balaban J connectivity index is 1.85. The number of aromatic nitrogens is 1. The lowest BCUT2D eigenvalue weighted by molar-refractivity contribution is 0.415. The first-order valence-electron chi connectivity index (χ1n) is 7.16. The zero-order valence-electron chi connectivity index (χ0n) is 12.6. The van der Waals surface area contributed by atoms with E-state index in [1.54, 1.807) is 7.11 Å². The predicted octanol–water partition coefficient (Wildman–Crippen LogP) is 3.46. The highest BCUT2D eigenvalue weighted by molar-refractivity contribution is 5.79. The van der Waals surface area contributed by atoms with Crippen molar-refractivity contribution >= 4 is 16.6 Å². The van der Waals surface area contributed by atoms with E-state index in [0.717, 1.165) is 27.9 Å². The van der Waals surface area contributed by atoms with Crippen molar-refractivity contribution in [2.24, 2.45) is 0 Å². The number of benzene rings is 2. The van der Waals surface area contributed by atoms with Gasteiger partial charge in [-0.3, -0.25) is 4.79 Å². The minimum absolute atomic E-state index is 0.0616. The van der Waals surface area contributed by atoms with Crippen LogP contribution in [0.25, 0.3) is 10.9 Å². The van der Waals surface area contributed by atoms with E-state index in [1.807, 2.05) is 55.5 Å². The maximum atomic E-state index is 12.2. The number of methoxy groups -OCH3 is 1. The van der Waals surface area contributed by atoms with Gasteiger partial charge in [0.15, 0.2) is 0 Å². The lowest BCUT2D eigenvalue weighted by Crippen LogP contribution is -2.15. The van der Waals surface area contributed by atoms with Crippen LogP contribution in [-0.2, 0) is 6.54 Å². The first-order valence-corrected chi connectivity index (χ1v) is 7.16. The molecule has 1 aromatic heterocycles. The third kappa shape index (κ3) is 2.96. The van der Waals surface area contributed by atoms with E-state index < -0.39 is 0 Å². The van der Waals surface area contributed by atoms with Crippen LogP contribution < -0.4 is 15.6 Å². The molecule has 3 rings (SSSR count). The van der Waals surface area contributed by atoms with Crippen molar-refractivity contribution in [1.29, 1.82) is 0 Å². The smallest absolute Gasteiger partial charge is 0.253 e. The Morgan fingerprint density at radius 3 is 2.82 bits per heavy atom. The number of hydrogen-bond acceptors (Lipinski definition) is 3. The molecule has 4 heteroatoms. The van der Waals surface area contributed by atoms with Gasteiger partial charge in [0, 0.05) is 29.4 Å². The molecule has 0 saturated carbocycles. The third-order valence-electron chi connectivity index (χ3n) is 3.63. The van der Waals surface area contributed by atoms with E-state index in [2.05, 4.69) is 10.3 Å². The standard InChI is InChI=1S/C18H18N2O2/c1-12-6-7-13-9-14(18(21)20-17(13)8-12)11-19-15-4-3-5-16(10-15)22-2/h3-10,19H,11H2,1-2H3,(H,20,21). The van der Waals surface area contributed by atoms with Crippen LogP contribution in [0.2, 0.25) is 0 Å². The van der Waals surface area contributed by atoms with E-state index in [-0.39, 0.29) is 5.56 Å². The summed E-state index contributed by atoms with van der Waals surface area (Å²) in [5.74, 6) is 0.785. The summed E-state index contributed by atoms with van der Waals surface area (Å²) < 4.78 is 5.19. The second-order valence-electron chi connectivity index (χ2n) is 5.30. The fourth-order valence-corrected chi connectivity index (χ4v) is 2.42. The lowest BCUT2D eigenvalue weighted by Gasteiger charge is -2.08. The van der Waals surface area contributed by atoms with Crippen LogP contribution in [0.4, 0.5) is 5.69 Å². The van der Waals surface area contributed by atoms with Crippen molar-refractivity contribution in [2.75, 3.05) is 12.4 Å². The zero-order chi connectivity index (χ0) is 15.5. The second-order valence-corrected chi connectivity index (χ2v) is 5.30. The molecule has 0 aliphatic rings. The van der Waals surface area contributed by atoms with Gasteiger partial charge < -0.3 is 15.0 Å². The molecule has 0 aliphatic carbocycles. The molecule has 112 valence electrons. The van der Waals surface area contributed by atoms with E-state index in [1.165, 1.54) is 0 Å². The average Bonchev–Trinajstić information content (AvgIpc) is 2.53. The number of nitrogens with one attached hydrogen (secondary N) is 2. The largest absolute Gasteiger partial charge is 0.497 e. The van der Waals surface area contributed by atoms with Crippen molar-refractivity contribution in [3.63, 3.8) is 0 Å². The molecule has 0 aliphatic heterocycles. The van der Waals surface area contributed by atoms with Crippen LogP contribution >= 0.6 is 0 Å². The zero-order valence-corrected chi connectivity index (χ0v) is 12.6. The maximum absolute atomic E-state index is 12.2. The van der Waals surface area contributed by atoms with Crippen LogP contribution in [-0.4, -0.2) is 12.1 Å². The number of hydrogen-bond donors (Lipinski definition) is 2. The fraction of sp³-hybridized carbons (Fsp3) is 0.167. The summed E-state index contributed by atoms with van der Waals surface area (Å²) in [4.78, 5) is 15.1. The second kappa shape index (κ2) is 5.93. The molecule has 4 nitrogen and oxygen atoms in total. The molecule has 3 aromatic rings. The van der Waals surface area contributed by atoms with Gasteiger partial charge in [-0.25, -0.2) is 0 Å². The van der Waals surface area contributed by atoms with Gasteiger partial charge in [0.2, 0.25) is 0 Å². The first-order chi connectivity index (χ1) is 10.7. The van der Waals surface area contributed by atoms with Crippen molar-refractivity contribution in [3.05, 3.63) is 70.0 Å². The molecule has 0 atom stereocenters. The molecular formula is C18H18N2O2. The normalized spacial score (nSPS) is 10.6. The van der Waals surface area contributed by atoms with Gasteiger partial charge in [-0.2, -0.15) is 0 Å². The molecule has 1 heterocycles. The lowest BCUT2D eigenvalue weighted by atomic mass is 10.1. The van der Waals surface area contributed by atoms with E-state index in [0.29, 0.717) is 12.1 Å². The molecule has 0 spiro atoms. The number of aryl methyl sites for hydroxylation is 1. The van der Waals surface area contributed by atoms with Crippen molar-refractivity contribution in [3.8, 4) is 5.75 Å². The highest BCUT2D eigenvalue weighted by Gasteiger charge is 2.04. The Bertz CT molecular complexity index is 868. The summed E-state index contributed by atoms with van der Waals surface area (Å²) >= 11 is 0. The molecule has 0 unspecified atom stereocenters. The predicted molar refractivity (Wildman–Crippen MR) is 89.6 cm³/mol. The molecule has 0 saturated heterocycles. The quantitative estimate of drug-likeness (QED) is 0.775. The molecule has 0 amide bonds. The van der Waals surface area contributed by atoms with Crippen LogP contribution in [0.1, 0.15) is 11.1 Å². The Morgan fingerprint density at radius 2 is 2.00 bits per heavy atom. The van der Waals surface area contributed by atoms with Crippen molar-refractivity contribution in [2.45, 2.75) is 13.5 Å². The third-order valence-corrected chi connectivity index (χ3v) is 3.63. The molecule has 22 heavy (non-hydrogen) atoms. The highest BCUT2D eigenvalue weighted by atomic mass is 16.5. The van der Waals surface area contributed by atoms with Gasteiger partial charge in [0.1, 0.15) is 5.75 Å². The Labute approximate surface area is 128 Å². The number of H-pyrrole nitrogens is 1. The summed E-state index contributed by atoms with van der Waals surface area (Å²) in [5.41, 5.74) is 3.57. The SMILES string of the molecule is COc1cccc(NCc2cc3ccc(C)cc3[nH]c2=O)c1. The summed E-state index contributed by atoms with van der Waals surface area (Å²) in [6.45, 7) is 2.47. The van der Waals surface area contributed by atoms with Gasteiger partial charge >= 0.3 is 0 Å². The van der Waals surface area contributed by atoms with Gasteiger partial charge in [0.05, 0.1) is 7.11 Å². The molecule has 0 fully saturated rings. The van der Waals surface area contributed by atoms with Crippen LogP contribution in [0.5, 0.6) is 5.75 Å². The van der Waals surface area contributed by atoms with Crippen molar-refractivity contribution < 1.29 is 4.74 Å². The Hall–Kier alpha value is -2.75. The van der Waals surface area contributed by atoms with Gasteiger partial charge in [-0.1, -0.05) is 18.2 Å². The molecule has 2 aromatic carbocycles. The summed E-state index contributed by atoms with van der Waals surface area (Å²) in [5, 5.41) is 4.29.